The van der Waals surface area contributed by atoms with Crippen LogP contribution in [0.1, 0.15) is 52.3 Å². The first-order valence-corrected chi connectivity index (χ1v) is 13.5. The van der Waals surface area contributed by atoms with Gasteiger partial charge in [-0.25, -0.2) is 9.78 Å². The molecule has 1 aliphatic rings. The summed E-state index contributed by atoms with van der Waals surface area (Å²) in [6, 6.07) is 12.3. The average Bonchev–Trinajstić information content (AvgIpc) is 3.44. The van der Waals surface area contributed by atoms with Crippen molar-refractivity contribution in [3.05, 3.63) is 93.5 Å². The van der Waals surface area contributed by atoms with Gasteiger partial charge in [-0.3, -0.25) is 14.5 Å². The molecule has 3 aromatic rings. The number of aryl methyl sites for hydroxylation is 1. The molecule has 1 aliphatic heterocycles. The van der Waals surface area contributed by atoms with Gasteiger partial charge in [-0.2, -0.15) is 0 Å². The van der Waals surface area contributed by atoms with Gasteiger partial charge in [0.15, 0.2) is 5.13 Å². The molecule has 8 nitrogen and oxygen atoms in total. The minimum Gasteiger partial charge on any atom is -0.507 e. The number of nitrogens with zero attached hydrogens (tertiary/aromatic N) is 2. The number of aliphatic hydroxyl groups is 1. The minimum absolute atomic E-state index is 0.0149. The van der Waals surface area contributed by atoms with E-state index in [9.17, 15) is 19.5 Å². The van der Waals surface area contributed by atoms with E-state index in [1.165, 1.54) is 11.0 Å². The molecule has 1 N–H and O–H groups in total. The zero-order valence-corrected chi connectivity index (χ0v) is 23.1. The molecular formula is C29H27ClN2O6S. The SMILES string of the molecule is C=CCOC(=O)c1sc(N2C(=O)C(=O)/C(=C(\O)c3ccc(OCCCC)cc3)C2c2cccc(Cl)c2)nc1C. The fourth-order valence-corrected chi connectivity index (χ4v) is 5.28. The van der Waals surface area contributed by atoms with Gasteiger partial charge in [0.05, 0.1) is 23.9 Å². The third-order valence-electron chi connectivity index (χ3n) is 6.01. The third kappa shape index (κ3) is 5.89. The van der Waals surface area contributed by atoms with Crippen LogP contribution >= 0.6 is 22.9 Å². The van der Waals surface area contributed by atoms with Crippen LogP contribution in [0.2, 0.25) is 5.02 Å². The largest absolute Gasteiger partial charge is 0.507 e. The van der Waals surface area contributed by atoms with Crippen molar-refractivity contribution in [3.8, 4) is 5.75 Å². The lowest BCUT2D eigenvalue weighted by molar-refractivity contribution is -0.132. The smallest absolute Gasteiger partial charge is 0.350 e. The minimum atomic E-state index is -1.04. The van der Waals surface area contributed by atoms with Crippen LogP contribution in [-0.2, 0) is 14.3 Å². The number of ether oxygens (including phenoxy) is 2. The Bertz CT molecular complexity index is 1450. The van der Waals surface area contributed by atoms with Gasteiger partial charge in [0.25, 0.3) is 5.78 Å². The van der Waals surface area contributed by atoms with Gasteiger partial charge >= 0.3 is 11.9 Å². The number of Topliss-reactive ketones (excluding diaryl/α,β-unsaturated/α-hetero) is 1. The molecule has 1 saturated heterocycles. The van der Waals surface area contributed by atoms with Gasteiger partial charge in [-0.1, -0.05) is 61.1 Å². The molecule has 39 heavy (non-hydrogen) atoms. The Morgan fingerprint density at radius 1 is 1.23 bits per heavy atom. The summed E-state index contributed by atoms with van der Waals surface area (Å²) in [6.45, 7) is 7.79. The topological polar surface area (TPSA) is 106 Å². The molecule has 2 aromatic carbocycles. The average molecular weight is 567 g/mol. The molecular weight excluding hydrogens is 540 g/mol. The van der Waals surface area contributed by atoms with E-state index in [1.54, 1.807) is 55.5 Å². The van der Waals surface area contributed by atoms with Crippen LogP contribution in [0.15, 0.2) is 66.8 Å². The van der Waals surface area contributed by atoms with Crippen molar-refractivity contribution in [2.24, 2.45) is 0 Å². The highest BCUT2D eigenvalue weighted by molar-refractivity contribution is 7.17. The van der Waals surface area contributed by atoms with E-state index in [-0.39, 0.29) is 27.9 Å². The number of hydrogen-bond donors (Lipinski definition) is 1. The first-order valence-electron chi connectivity index (χ1n) is 12.3. The molecule has 2 heterocycles. The number of carbonyl (C=O) groups excluding carboxylic acids is 3. The normalized spacial score (nSPS) is 16.4. The number of thiazole rings is 1. The monoisotopic (exact) mass is 566 g/mol. The molecule has 0 spiro atoms. The summed E-state index contributed by atoms with van der Waals surface area (Å²) in [5.41, 5.74) is 1.05. The maximum atomic E-state index is 13.4. The predicted octanol–water partition coefficient (Wildman–Crippen LogP) is 6.25. The lowest BCUT2D eigenvalue weighted by atomic mass is 9.95. The highest BCUT2D eigenvalue weighted by atomic mass is 35.5. The number of aromatic nitrogens is 1. The van der Waals surface area contributed by atoms with Crippen LogP contribution < -0.4 is 9.64 Å². The van der Waals surface area contributed by atoms with Crippen molar-refractivity contribution in [1.29, 1.82) is 0 Å². The fourth-order valence-electron chi connectivity index (χ4n) is 4.10. The second kappa shape index (κ2) is 12.3. The molecule has 1 amide bonds. The van der Waals surface area contributed by atoms with E-state index in [4.69, 9.17) is 21.1 Å². The molecule has 1 unspecified atom stereocenters. The standard InChI is InChI=1S/C29H27ClN2O6S/c1-4-6-15-37-21-12-10-18(11-13-21)24(33)22-23(19-8-7-9-20(30)16-19)32(27(35)25(22)34)29-31-17(3)26(39-29)28(36)38-14-5-2/h5,7-13,16,23,33H,2,4,6,14-15H2,1,3H3/b24-22-. The molecule has 10 heteroatoms. The fraction of sp³-hybridized carbons (Fsp3) is 0.241. The van der Waals surface area contributed by atoms with E-state index in [0.29, 0.717) is 34.2 Å². The Balaban J connectivity index is 1.80. The first-order chi connectivity index (χ1) is 18.8. The molecule has 0 bridgehead atoms. The Morgan fingerprint density at radius 3 is 2.64 bits per heavy atom. The van der Waals surface area contributed by atoms with Crippen LogP contribution in [0.3, 0.4) is 0 Å². The Hall–Kier alpha value is -3.95. The predicted molar refractivity (Wildman–Crippen MR) is 150 cm³/mol. The Kier molecular flexibility index (Phi) is 8.83. The van der Waals surface area contributed by atoms with Crippen molar-refractivity contribution in [2.45, 2.75) is 32.7 Å². The summed E-state index contributed by atoms with van der Waals surface area (Å²) >= 11 is 7.18. The van der Waals surface area contributed by atoms with E-state index in [0.717, 1.165) is 24.2 Å². The molecule has 0 radical (unpaired) electrons. The van der Waals surface area contributed by atoms with Crippen LogP contribution in [0, 0.1) is 6.92 Å². The maximum Gasteiger partial charge on any atom is 0.350 e. The van der Waals surface area contributed by atoms with Crippen molar-refractivity contribution >= 4 is 51.5 Å². The van der Waals surface area contributed by atoms with Gasteiger partial charge in [0.1, 0.15) is 23.0 Å². The second-order valence-corrected chi connectivity index (χ2v) is 10.2. The number of benzene rings is 2. The lowest BCUT2D eigenvalue weighted by Gasteiger charge is -2.23. The van der Waals surface area contributed by atoms with Crippen molar-refractivity contribution in [3.63, 3.8) is 0 Å². The quantitative estimate of drug-likeness (QED) is 0.0771. The zero-order valence-electron chi connectivity index (χ0n) is 21.5. The Labute approximate surface area is 235 Å². The number of anilines is 1. The highest BCUT2D eigenvalue weighted by Crippen LogP contribution is 2.44. The van der Waals surface area contributed by atoms with E-state index >= 15 is 0 Å². The Morgan fingerprint density at radius 2 is 1.97 bits per heavy atom. The van der Waals surface area contributed by atoms with Crippen LogP contribution in [-0.4, -0.2) is 41.0 Å². The number of amides is 1. The highest BCUT2D eigenvalue weighted by Gasteiger charge is 2.48. The third-order valence-corrected chi connectivity index (χ3v) is 7.38. The first kappa shape index (κ1) is 28.1. The summed E-state index contributed by atoms with van der Waals surface area (Å²) in [6.07, 6.45) is 3.35. The van der Waals surface area contributed by atoms with Crippen LogP contribution in [0.4, 0.5) is 5.13 Å². The molecule has 0 aliphatic carbocycles. The zero-order chi connectivity index (χ0) is 28.1. The molecule has 0 saturated carbocycles. The van der Waals surface area contributed by atoms with Gasteiger partial charge in [0.2, 0.25) is 0 Å². The van der Waals surface area contributed by atoms with Crippen LogP contribution in [0.25, 0.3) is 5.76 Å². The summed E-state index contributed by atoms with van der Waals surface area (Å²) in [5.74, 6) is -2.11. The number of carbonyl (C=O) groups is 3. The van der Waals surface area contributed by atoms with Crippen molar-refractivity contribution in [2.75, 3.05) is 18.1 Å². The number of unbranched alkanes of at least 4 members (excludes halogenated alkanes) is 1. The van der Waals surface area contributed by atoms with Crippen LogP contribution in [0.5, 0.6) is 5.75 Å². The number of aliphatic hydroxyl groups excluding tert-OH is 1. The number of hydrogen-bond acceptors (Lipinski definition) is 8. The summed E-state index contributed by atoms with van der Waals surface area (Å²) in [7, 11) is 0. The number of ketones is 1. The number of esters is 1. The van der Waals surface area contributed by atoms with Crippen molar-refractivity contribution in [1.82, 2.24) is 4.98 Å². The van der Waals surface area contributed by atoms with Gasteiger partial charge in [0, 0.05) is 10.6 Å². The molecule has 202 valence electrons. The maximum absolute atomic E-state index is 13.4. The van der Waals surface area contributed by atoms with E-state index < -0.39 is 23.7 Å². The number of rotatable bonds is 10. The molecule has 4 rings (SSSR count). The van der Waals surface area contributed by atoms with Gasteiger partial charge in [-0.05, 0) is 55.3 Å². The lowest BCUT2D eigenvalue weighted by Crippen LogP contribution is -2.29. The second-order valence-electron chi connectivity index (χ2n) is 8.75. The summed E-state index contributed by atoms with van der Waals surface area (Å²) < 4.78 is 10.8. The summed E-state index contributed by atoms with van der Waals surface area (Å²) in [4.78, 5) is 45.1. The molecule has 1 aromatic heterocycles. The molecule has 1 fully saturated rings. The van der Waals surface area contributed by atoms with Gasteiger partial charge in [-0.15, -0.1) is 0 Å². The number of halogens is 1. The molecule has 1 atom stereocenters. The summed E-state index contributed by atoms with van der Waals surface area (Å²) in [5, 5.41) is 11.8. The van der Waals surface area contributed by atoms with E-state index in [1.807, 2.05) is 0 Å². The van der Waals surface area contributed by atoms with Gasteiger partial charge < -0.3 is 14.6 Å². The van der Waals surface area contributed by atoms with Crippen molar-refractivity contribution < 1.29 is 29.0 Å². The van der Waals surface area contributed by atoms with E-state index in [2.05, 4.69) is 18.5 Å².